The Labute approximate surface area is 182 Å². The molecule has 0 radical (unpaired) electrons. The highest BCUT2D eigenvalue weighted by atomic mass is 16.5. The second kappa shape index (κ2) is 7.71. The molecule has 0 N–H and O–H groups in total. The minimum atomic E-state index is -0.0625. The van der Waals surface area contributed by atoms with Gasteiger partial charge in [0.1, 0.15) is 18.2 Å². The van der Waals surface area contributed by atoms with Crippen LogP contribution in [0.15, 0.2) is 60.4 Å². The van der Waals surface area contributed by atoms with Crippen molar-refractivity contribution in [3.8, 4) is 11.5 Å². The molecule has 0 amide bonds. The van der Waals surface area contributed by atoms with Crippen LogP contribution in [0, 0.1) is 20.8 Å². The number of nitrogens with zero attached hydrogens (tertiary/aromatic N) is 1. The minimum Gasteiger partial charge on any atom is -0.478 e. The van der Waals surface area contributed by atoms with Crippen molar-refractivity contribution in [2.45, 2.75) is 33.9 Å². The summed E-state index contributed by atoms with van der Waals surface area (Å²) in [7, 11) is 0. The first-order valence-electron chi connectivity index (χ1n) is 10.6. The third-order valence-corrected chi connectivity index (χ3v) is 5.85. The molecule has 0 spiro atoms. The quantitative estimate of drug-likeness (QED) is 0.528. The number of allylic oxidation sites excluding steroid dienone is 1. The van der Waals surface area contributed by atoms with Gasteiger partial charge in [-0.3, -0.25) is 9.69 Å². The molecule has 31 heavy (non-hydrogen) atoms. The van der Waals surface area contributed by atoms with Gasteiger partial charge < -0.3 is 9.47 Å². The van der Waals surface area contributed by atoms with Gasteiger partial charge >= 0.3 is 0 Å². The molecular formula is C27H25NO3. The Morgan fingerprint density at radius 3 is 2.58 bits per heavy atom. The smallest absolute Gasteiger partial charge is 0.232 e. The summed E-state index contributed by atoms with van der Waals surface area (Å²) in [5.74, 6) is 1.76. The Balaban J connectivity index is 1.46. The lowest BCUT2D eigenvalue weighted by atomic mass is 9.98. The summed E-state index contributed by atoms with van der Waals surface area (Å²) in [5, 5.41) is 0. The van der Waals surface area contributed by atoms with E-state index in [1.807, 2.05) is 50.3 Å². The zero-order chi connectivity index (χ0) is 21.5. The molecule has 0 aromatic heterocycles. The molecule has 2 aliphatic heterocycles. The monoisotopic (exact) mass is 411 g/mol. The van der Waals surface area contributed by atoms with Gasteiger partial charge in [0.15, 0.2) is 5.76 Å². The lowest BCUT2D eigenvalue weighted by Crippen LogP contribution is -2.31. The average molecular weight is 412 g/mol. The third kappa shape index (κ3) is 3.75. The molecule has 2 aliphatic rings. The van der Waals surface area contributed by atoms with Crippen molar-refractivity contribution in [3.63, 3.8) is 0 Å². The Morgan fingerprint density at radius 2 is 1.81 bits per heavy atom. The van der Waals surface area contributed by atoms with Crippen molar-refractivity contribution < 1.29 is 14.3 Å². The summed E-state index contributed by atoms with van der Waals surface area (Å²) in [6.07, 6.45) is 1.83. The van der Waals surface area contributed by atoms with E-state index < -0.39 is 0 Å². The Kier molecular flexibility index (Phi) is 4.87. The number of rotatable bonds is 3. The number of hydrogen-bond acceptors (Lipinski definition) is 4. The van der Waals surface area contributed by atoms with Crippen molar-refractivity contribution in [3.05, 3.63) is 99.3 Å². The number of Topliss-reactive ketones (excluding diaryl/α,β-unsaturated/α-hetero) is 1. The fourth-order valence-electron chi connectivity index (χ4n) is 4.24. The van der Waals surface area contributed by atoms with Gasteiger partial charge in [-0.1, -0.05) is 59.7 Å². The second-order valence-electron chi connectivity index (χ2n) is 8.47. The molecule has 5 rings (SSSR count). The Hall–Kier alpha value is -3.37. The van der Waals surface area contributed by atoms with Crippen molar-refractivity contribution in [1.29, 1.82) is 0 Å². The van der Waals surface area contributed by atoms with Gasteiger partial charge in [-0.2, -0.15) is 0 Å². The van der Waals surface area contributed by atoms with Gasteiger partial charge in [0.25, 0.3) is 0 Å². The van der Waals surface area contributed by atoms with Crippen LogP contribution in [0.2, 0.25) is 0 Å². The van der Waals surface area contributed by atoms with Gasteiger partial charge in [0, 0.05) is 13.1 Å². The fraction of sp³-hybridized carbons (Fsp3) is 0.222. The van der Waals surface area contributed by atoms with E-state index >= 15 is 0 Å². The summed E-state index contributed by atoms with van der Waals surface area (Å²) in [4.78, 5) is 15.4. The standard InChI is InChI=1S/C27H25NO3/c1-17-7-9-20(10-8-17)14-28-15-22-23(30-16-28)12-19(3)25-26(29)24(31-27(22)25)13-21-6-4-5-18(2)11-21/h4-13H,14-16H2,1-3H3/b24-13-. The molecule has 0 saturated carbocycles. The molecule has 3 aromatic rings. The van der Waals surface area contributed by atoms with Crippen LogP contribution in [0.4, 0.5) is 0 Å². The average Bonchev–Trinajstić information content (AvgIpc) is 3.07. The predicted molar refractivity (Wildman–Crippen MR) is 121 cm³/mol. The highest BCUT2D eigenvalue weighted by Crippen LogP contribution is 2.44. The molecule has 3 aromatic carbocycles. The number of carbonyl (C=O) groups excluding carboxylic acids is 1. The normalized spacial score (nSPS) is 16.6. The number of fused-ring (bicyclic) bond motifs is 3. The zero-order valence-corrected chi connectivity index (χ0v) is 18.1. The molecule has 2 heterocycles. The highest BCUT2D eigenvalue weighted by molar-refractivity contribution is 6.15. The number of ether oxygens (including phenoxy) is 2. The molecule has 0 saturated heterocycles. The largest absolute Gasteiger partial charge is 0.478 e. The van der Waals surface area contributed by atoms with Gasteiger partial charge in [0.05, 0.1) is 11.1 Å². The topological polar surface area (TPSA) is 38.8 Å². The summed E-state index contributed by atoms with van der Waals surface area (Å²) in [5.41, 5.74) is 7.07. The fourth-order valence-corrected chi connectivity index (χ4v) is 4.24. The lowest BCUT2D eigenvalue weighted by molar-refractivity contribution is 0.0872. The molecule has 0 atom stereocenters. The van der Waals surface area contributed by atoms with E-state index in [2.05, 4.69) is 36.1 Å². The summed E-state index contributed by atoms with van der Waals surface area (Å²) in [6.45, 7) is 8.04. The first kappa shape index (κ1) is 19.6. The van der Waals surface area contributed by atoms with Gasteiger partial charge in [0.2, 0.25) is 5.78 Å². The highest BCUT2D eigenvalue weighted by Gasteiger charge is 2.35. The van der Waals surface area contributed by atoms with E-state index in [1.165, 1.54) is 11.1 Å². The maximum Gasteiger partial charge on any atom is 0.232 e. The number of hydrogen-bond donors (Lipinski definition) is 0. The predicted octanol–water partition coefficient (Wildman–Crippen LogP) is 5.58. The second-order valence-corrected chi connectivity index (χ2v) is 8.47. The number of ketones is 1. The van der Waals surface area contributed by atoms with Crippen LogP contribution < -0.4 is 9.47 Å². The number of carbonyl (C=O) groups is 1. The Bertz CT molecular complexity index is 1210. The molecule has 4 heteroatoms. The summed E-state index contributed by atoms with van der Waals surface area (Å²) in [6, 6.07) is 18.6. The Morgan fingerprint density at radius 1 is 1.00 bits per heavy atom. The third-order valence-electron chi connectivity index (χ3n) is 5.85. The van der Waals surface area contributed by atoms with Gasteiger partial charge in [-0.05, 0) is 49.6 Å². The van der Waals surface area contributed by atoms with Crippen LogP contribution in [0.5, 0.6) is 11.5 Å². The molecule has 0 aliphatic carbocycles. The van der Waals surface area contributed by atoms with Crippen molar-refractivity contribution >= 4 is 11.9 Å². The van der Waals surface area contributed by atoms with E-state index in [4.69, 9.17) is 9.47 Å². The number of aryl methyl sites for hydroxylation is 3. The van der Waals surface area contributed by atoms with Crippen molar-refractivity contribution in [2.24, 2.45) is 0 Å². The summed E-state index contributed by atoms with van der Waals surface area (Å²) >= 11 is 0. The van der Waals surface area contributed by atoms with E-state index in [-0.39, 0.29) is 5.78 Å². The first-order chi connectivity index (χ1) is 15.0. The summed E-state index contributed by atoms with van der Waals surface area (Å²) < 4.78 is 12.2. The van der Waals surface area contributed by atoms with Crippen LogP contribution in [0.3, 0.4) is 0 Å². The van der Waals surface area contributed by atoms with Crippen LogP contribution in [0.1, 0.15) is 43.7 Å². The molecule has 0 bridgehead atoms. The molecular weight excluding hydrogens is 386 g/mol. The van der Waals surface area contributed by atoms with Crippen LogP contribution >= 0.6 is 0 Å². The van der Waals surface area contributed by atoms with E-state index in [0.717, 1.165) is 34.5 Å². The van der Waals surface area contributed by atoms with Crippen LogP contribution in [-0.2, 0) is 13.1 Å². The zero-order valence-electron chi connectivity index (χ0n) is 18.1. The first-order valence-corrected chi connectivity index (χ1v) is 10.6. The van der Waals surface area contributed by atoms with E-state index in [1.54, 1.807) is 0 Å². The molecule has 4 nitrogen and oxygen atoms in total. The van der Waals surface area contributed by atoms with Crippen molar-refractivity contribution in [1.82, 2.24) is 4.90 Å². The van der Waals surface area contributed by atoms with Gasteiger partial charge in [-0.25, -0.2) is 0 Å². The van der Waals surface area contributed by atoms with E-state index in [0.29, 0.717) is 30.3 Å². The number of benzene rings is 3. The van der Waals surface area contributed by atoms with E-state index in [9.17, 15) is 4.79 Å². The van der Waals surface area contributed by atoms with Crippen molar-refractivity contribution in [2.75, 3.05) is 6.73 Å². The maximum atomic E-state index is 13.1. The van der Waals surface area contributed by atoms with Crippen LogP contribution in [-0.4, -0.2) is 17.4 Å². The minimum absolute atomic E-state index is 0.0625. The SMILES string of the molecule is Cc1ccc(CN2COc3cc(C)c4c(c3C2)O/C(=C\c2cccc(C)c2)C4=O)cc1. The maximum absolute atomic E-state index is 13.1. The lowest BCUT2D eigenvalue weighted by Gasteiger charge is -2.30. The van der Waals surface area contributed by atoms with Crippen LogP contribution in [0.25, 0.3) is 6.08 Å². The molecule has 0 unspecified atom stereocenters. The molecule has 156 valence electrons. The molecule has 0 fully saturated rings. The van der Waals surface area contributed by atoms with Gasteiger partial charge in [-0.15, -0.1) is 0 Å².